The predicted molar refractivity (Wildman–Crippen MR) is 154 cm³/mol. The van der Waals surface area contributed by atoms with E-state index in [-0.39, 0.29) is 31.5 Å². The summed E-state index contributed by atoms with van der Waals surface area (Å²) >= 11 is 0. The van der Waals surface area contributed by atoms with Gasteiger partial charge >= 0.3 is 18.2 Å². The minimum atomic E-state index is -0.985. The van der Waals surface area contributed by atoms with E-state index >= 15 is 0 Å². The number of nitrogens with one attached hydrogen (secondary N) is 3. The van der Waals surface area contributed by atoms with Gasteiger partial charge in [-0.3, -0.25) is 4.79 Å². The molecule has 40 heavy (non-hydrogen) atoms. The molecule has 9 nitrogen and oxygen atoms in total. The Balaban J connectivity index is 1.55. The third kappa shape index (κ3) is 9.12. The van der Waals surface area contributed by atoms with Crippen molar-refractivity contribution in [3.8, 4) is 11.1 Å². The summed E-state index contributed by atoms with van der Waals surface area (Å²) in [6, 6.07) is 15.1. The van der Waals surface area contributed by atoms with Crippen molar-refractivity contribution in [1.82, 2.24) is 16.0 Å². The van der Waals surface area contributed by atoms with Crippen molar-refractivity contribution < 1.29 is 29.0 Å². The lowest BCUT2D eigenvalue weighted by atomic mass is 9.98. The first kappa shape index (κ1) is 30.7. The number of amides is 2. The van der Waals surface area contributed by atoms with Crippen LogP contribution in [0.3, 0.4) is 0 Å². The summed E-state index contributed by atoms with van der Waals surface area (Å²) in [6.45, 7) is 9.88. The van der Waals surface area contributed by atoms with Crippen molar-refractivity contribution in [3.05, 3.63) is 72.3 Å². The molecule has 1 unspecified atom stereocenters. The summed E-state index contributed by atoms with van der Waals surface area (Å²) in [5.74, 6) is -1.04. The van der Waals surface area contributed by atoms with E-state index in [9.17, 15) is 19.5 Å². The zero-order valence-corrected chi connectivity index (χ0v) is 23.6. The second-order valence-corrected chi connectivity index (χ2v) is 10.9. The summed E-state index contributed by atoms with van der Waals surface area (Å²) in [6.07, 6.45) is 2.68. The van der Waals surface area contributed by atoms with Gasteiger partial charge in [-0.1, -0.05) is 54.6 Å². The third-order valence-electron chi connectivity index (χ3n) is 6.62. The number of hydrogen-bond acceptors (Lipinski definition) is 6. The molecule has 2 atom stereocenters. The molecular weight excluding hydrogens is 510 g/mol. The number of aliphatic carboxylic acids is 1. The number of alkyl carbamates (subject to hydrolysis) is 2. The summed E-state index contributed by atoms with van der Waals surface area (Å²) in [7, 11) is 0. The Labute approximate surface area is 236 Å². The first-order chi connectivity index (χ1) is 19.1. The number of carboxylic acids is 1. The molecule has 0 saturated heterocycles. The van der Waals surface area contributed by atoms with E-state index in [1.54, 1.807) is 26.8 Å². The van der Waals surface area contributed by atoms with Crippen LogP contribution >= 0.6 is 0 Å². The maximum Gasteiger partial charge on any atom is 0.407 e. The molecule has 2 aromatic carbocycles. The van der Waals surface area contributed by atoms with Crippen LogP contribution in [-0.2, 0) is 14.3 Å². The van der Waals surface area contributed by atoms with Crippen LogP contribution in [0.4, 0.5) is 9.59 Å². The van der Waals surface area contributed by atoms with E-state index in [0.29, 0.717) is 25.8 Å². The Kier molecular flexibility index (Phi) is 11.1. The molecule has 0 fully saturated rings. The Hall–Kier alpha value is -3.85. The molecule has 0 heterocycles. The number of hydrogen-bond donors (Lipinski definition) is 4. The molecule has 0 bridgehead atoms. The van der Waals surface area contributed by atoms with Crippen LogP contribution < -0.4 is 16.0 Å². The van der Waals surface area contributed by atoms with E-state index in [4.69, 9.17) is 9.47 Å². The lowest BCUT2D eigenvalue weighted by molar-refractivity contribution is -0.139. The van der Waals surface area contributed by atoms with Gasteiger partial charge in [0.15, 0.2) is 0 Å². The highest BCUT2D eigenvalue weighted by atomic mass is 16.6. The smallest absolute Gasteiger partial charge is 0.407 e. The van der Waals surface area contributed by atoms with Crippen LogP contribution in [0.25, 0.3) is 11.1 Å². The van der Waals surface area contributed by atoms with Gasteiger partial charge in [-0.2, -0.15) is 0 Å². The van der Waals surface area contributed by atoms with Gasteiger partial charge in [0, 0.05) is 25.0 Å². The Morgan fingerprint density at radius 3 is 2.20 bits per heavy atom. The van der Waals surface area contributed by atoms with Crippen LogP contribution in [0.15, 0.2) is 61.2 Å². The predicted octanol–water partition coefficient (Wildman–Crippen LogP) is 5.21. The topological polar surface area (TPSA) is 126 Å². The third-order valence-corrected chi connectivity index (χ3v) is 6.62. The van der Waals surface area contributed by atoms with Crippen molar-refractivity contribution in [1.29, 1.82) is 0 Å². The fourth-order valence-corrected chi connectivity index (χ4v) is 4.78. The van der Waals surface area contributed by atoms with E-state index in [1.807, 2.05) is 24.3 Å². The molecule has 216 valence electrons. The second kappa shape index (κ2) is 14.5. The summed E-state index contributed by atoms with van der Waals surface area (Å²) in [5.41, 5.74) is 3.98. The highest BCUT2D eigenvalue weighted by Gasteiger charge is 2.29. The molecule has 1 aliphatic carbocycles. The fraction of sp³-hybridized carbons (Fsp3) is 0.452. The summed E-state index contributed by atoms with van der Waals surface area (Å²) in [5, 5.41) is 18.1. The van der Waals surface area contributed by atoms with Gasteiger partial charge in [0.1, 0.15) is 18.2 Å². The van der Waals surface area contributed by atoms with Gasteiger partial charge in [0.25, 0.3) is 0 Å². The molecular formula is C31H41N3O6. The van der Waals surface area contributed by atoms with E-state index in [2.05, 4.69) is 46.8 Å². The molecule has 0 spiro atoms. The maximum absolute atomic E-state index is 12.9. The van der Waals surface area contributed by atoms with Gasteiger partial charge < -0.3 is 30.5 Å². The summed E-state index contributed by atoms with van der Waals surface area (Å²) < 4.78 is 10.9. The lowest BCUT2D eigenvalue weighted by Gasteiger charge is -2.22. The monoisotopic (exact) mass is 551 g/mol. The number of carbonyl (C=O) groups excluding carboxylic acids is 2. The number of carboxylic acid groups (broad SMARTS) is 1. The van der Waals surface area contributed by atoms with Crippen LogP contribution in [0.5, 0.6) is 0 Å². The Morgan fingerprint density at radius 2 is 1.62 bits per heavy atom. The van der Waals surface area contributed by atoms with E-state index < -0.39 is 29.8 Å². The SMILES string of the molecule is C=CC[C@H](NCC(CCCCNC(=O)OC(C)(C)C)NC(=O)OCC1c2ccccc2-c2ccccc21)C(=O)O. The van der Waals surface area contributed by atoms with E-state index in [0.717, 1.165) is 22.3 Å². The van der Waals surface area contributed by atoms with Crippen molar-refractivity contribution in [2.24, 2.45) is 0 Å². The second-order valence-electron chi connectivity index (χ2n) is 10.9. The molecule has 0 saturated carbocycles. The highest BCUT2D eigenvalue weighted by Crippen LogP contribution is 2.44. The first-order valence-electron chi connectivity index (χ1n) is 13.7. The Bertz CT molecular complexity index is 1130. The quantitative estimate of drug-likeness (QED) is 0.188. The largest absolute Gasteiger partial charge is 0.480 e. The van der Waals surface area contributed by atoms with Gasteiger partial charge in [0.2, 0.25) is 0 Å². The molecule has 0 aliphatic heterocycles. The van der Waals surface area contributed by atoms with Crippen molar-refractivity contribution in [2.75, 3.05) is 19.7 Å². The minimum absolute atomic E-state index is 0.0577. The van der Waals surface area contributed by atoms with Crippen molar-refractivity contribution in [2.45, 2.75) is 70.1 Å². The maximum atomic E-state index is 12.9. The molecule has 9 heteroatoms. The van der Waals surface area contributed by atoms with Crippen molar-refractivity contribution >= 4 is 18.2 Å². The van der Waals surface area contributed by atoms with Crippen LogP contribution in [0.1, 0.15) is 63.5 Å². The van der Waals surface area contributed by atoms with Gasteiger partial charge in [-0.05, 0) is 68.7 Å². The standard InChI is InChI=1S/C31H41N3O6/c1-5-12-27(28(35)36)33-19-21(13-10-11-18-32-29(37)40-31(2,3)4)34-30(38)39-20-26-24-16-8-6-14-22(24)23-15-7-9-17-25(23)26/h5-9,14-17,21,26-27,33H,1,10-13,18-20H2,2-4H3,(H,32,37)(H,34,38)(H,35,36)/t21?,27-/m0/s1. The average Bonchev–Trinajstić information content (AvgIpc) is 3.21. The number of fused-ring (bicyclic) bond motifs is 3. The van der Waals surface area contributed by atoms with Crippen LogP contribution in [0, 0.1) is 0 Å². The molecule has 1 aliphatic rings. The molecule has 0 radical (unpaired) electrons. The zero-order chi connectivity index (χ0) is 29.1. The van der Waals surface area contributed by atoms with Crippen LogP contribution in [-0.4, -0.2) is 60.6 Å². The molecule has 3 rings (SSSR count). The Morgan fingerprint density at radius 1 is 1.00 bits per heavy atom. The number of ether oxygens (including phenoxy) is 2. The van der Waals surface area contributed by atoms with Gasteiger partial charge in [0.05, 0.1) is 0 Å². The number of benzene rings is 2. The lowest BCUT2D eigenvalue weighted by Crippen LogP contribution is -2.47. The van der Waals surface area contributed by atoms with Gasteiger partial charge in [-0.15, -0.1) is 6.58 Å². The number of unbranched alkanes of at least 4 members (excludes halogenated alkanes) is 1. The summed E-state index contributed by atoms with van der Waals surface area (Å²) in [4.78, 5) is 36.3. The number of rotatable bonds is 14. The molecule has 4 N–H and O–H groups in total. The normalized spacial score (nSPS) is 13.9. The number of carbonyl (C=O) groups is 3. The molecule has 2 amide bonds. The van der Waals surface area contributed by atoms with Crippen LogP contribution in [0.2, 0.25) is 0 Å². The molecule has 2 aromatic rings. The van der Waals surface area contributed by atoms with Crippen molar-refractivity contribution in [3.63, 3.8) is 0 Å². The zero-order valence-electron chi connectivity index (χ0n) is 23.6. The average molecular weight is 552 g/mol. The fourth-order valence-electron chi connectivity index (χ4n) is 4.78. The minimum Gasteiger partial charge on any atom is -0.480 e. The highest BCUT2D eigenvalue weighted by molar-refractivity contribution is 5.79. The van der Waals surface area contributed by atoms with Gasteiger partial charge in [-0.25, -0.2) is 9.59 Å². The first-order valence-corrected chi connectivity index (χ1v) is 13.7. The molecule has 0 aromatic heterocycles. The van der Waals surface area contributed by atoms with E-state index in [1.165, 1.54) is 0 Å².